The van der Waals surface area contributed by atoms with E-state index in [0.29, 0.717) is 29.3 Å². The van der Waals surface area contributed by atoms with E-state index in [1.165, 1.54) is 10.9 Å². The number of carbonyl (C=O) groups is 1. The van der Waals surface area contributed by atoms with Crippen LogP contribution in [0, 0.1) is 20.8 Å². The van der Waals surface area contributed by atoms with E-state index in [1.54, 1.807) is 31.3 Å². The maximum absolute atomic E-state index is 12.8. The summed E-state index contributed by atoms with van der Waals surface area (Å²) >= 11 is 0. The molecule has 0 aliphatic carbocycles. The van der Waals surface area contributed by atoms with Crippen molar-refractivity contribution in [3.05, 3.63) is 75.2 Å². The summed E-state index contributed by atoms with van der Waals surface area (Å²) in [5.41, 5.74) is 4.36. The Morgan fingerprint density at radius 3 is 2.48 bits per heavy atom. The van der Waals surface area contributed by atoms with Crippen LogP contribution < -0.4 is 20.9 Å². The van der Waals surface area contributed by atoms with Gasteiger partial charge in [0.2, 0.25) is 0 Å². The Bertz CT molecular complexity index is 1150. The lowest BCUT2D eigenvalue weighted by Gasteiger charge is -2.16. The number of nitrogens with one attached hydrogen (secondary N) is 2. The zero-order chi connectivity index (χ0) is 22.5. The first kappa shape index (κ1) is 22.1. The number of aromatic nitrogens is 2. The third kappa shape index (κ3) is 5.12. The molecular weight excluding hydrogens is 392 g/mol. The fraction of sp³-hybridized carbons (Fsp3) is 0.292. The molecule has 0 fully saturated rings. The highest BCUT2D eigenvalue weighted by atomic mass is 16.5. The van der Waals surface area contributed by atoms with Crippen molar-refractivity contribution in [2.45, 2.75) is 34.1 Å². The van der Waals surface area contributed by atoms with Crippen LogP contribution in [0.1, 0.15) is 40.4 Å². The molecule has 0 bridgehead atoms. The van der Waals surface area contributed by atoms with Gasteiger partial charge in [-0.1, -0.05) is 13.0 Å². The summed E-state index contributed by atoms with van der Waals surface area (Å²) in [5, 5.41) is 10.1. The first-order chi connectivity index (χ1) is 14.8. The Morgan fingerprint density at radius 2 is 1.81 bits per heavy atom. The van der Waals surface area contributed by atoms with Gasteiger partial charge in [-0.25, -0.2) is 4.68 Å². The summed E-state index contributed by atoms with van der Waals surface area (Å²) in [6.45, 7) is 8.63. The summed E-state index contributed by atoms with van der Waals surface area (Å²) in [6.07, 6.45) is 2.40. The smallest absolute Gasteiger partial charge is 0.294 e. The standard InChI is InChI=1S/C24H28N4O3/c1-6-11-25-23(29)18-7-9-19(10-8-18)27-22-21(14-26-28(5)24(22)30)31-20-13-15(2)12-16(3)17(20)4/h7-10,12-14,27H,6,11H2,1-5H3,(H,25,29). The molecule has 162 valence electrons. The summed E-state index contributed by atoms with van der Waals surface area (Å²) in [4.78, 5) is 24.9. The van der Waals surface area contributed by atoms with Crippen molar-refractivity contribution in [1.29, 1.82) is 0 Å². The molecule has 0 spiro atoms. The molecule has 0 aliphatic heterocycles. The van der Waals surface area contributed by atoms with Gasteiger partial charge in [0, 0.05) is 24.8 Å². The van der Waals surface area contributed by atoms with Crippen LogP contribution in [-0.2, 0) is 7.05 Å². The lowest BCUT2D eigenvalue weighted by molar-refractivity contribution is 0.0953. The van der Waals surface area contributed by atoms with Crippen molar-refractivity contribution >= 4 is 17.3 Å². The quantitative estimate of drug-likeness (QED) is 0.592. The lowest BCUT2D eigenvalue weighted by atomic mass is 10.1. The molecule has 2 aromatic carbocycles. The molecule has 0 aliphatic rings. The van der Waals surface area contributed by atoms with Crippen molar-refractivity contribution in [1.82, 2.24) is 15.1 Å². The Labute approximate surface area is 182 Å². The monoisotopic (exact) mass is 420 g/mol. The summed E-state index contributed by atoms with van der Waals surface area (Å²) in [5.74, 6) is 0.891. The molecule has 1 amide bonds. The van der Waals surface area contributed by atoms with Crippen LogP contribution in [0.5, 0.6) is 11.5 Å². The van der Waals surface area contributed by atoms with Gasteiger partial charge in [0.15, 0.2) is 11.4 Å². The molecular formula is C24H28N4O3. The molecule has 0 radical (unpaired) electrons. The fourth-order valence-corrected chi connectivity index (χ4v) is 3.13. The van der Waals surface area contributed by atoms with E-state index in [9.17, 15) is 9.59 Å². The number of anilines is 2. The van der Waals surface area contributed by atoms with Crippen LogP contribution in [0.4, 0.5) is 11.4 Å². The van der Waals surface area contributed by atoms with E-state index in [1.807, 2.05) is 33.8 Å². The van der Waals surface area contributed by atoms with Crippen LogP contribution in [-0.4, -0.2) is 22.2 Å². The SMILES string of the molecule is CCCNC(=O)c1ccc(Nc2c(Oc3cc(C)cc(C)c3C)cnn(C)c2=O)cc1. The normalized spacial score (nSPS) is 10.6. The molecule has 0 saturated heterocycles. The highest BCUT2D eigenvalue weighted by Crippen LogP contribution is 2.32. The van der Waals surface area contributed by atoms with Gasteiger partial charge in [-0.3, -0.25) is 9.59 Å². The number of ether oxygens (including phenoxy) is 1. The third-order valence-corrected chi connectivity index (χ3v) is 5.04. The molecule has 3 aromatic rings. The first-order valence-corrected chi connectivity index (χ1v) is 10.3. The second kappa shape index (κ2) is 9.47. The Kier molecular flexibility index (Phi) is 6.74. The predicted octanol–water partition coefficient (Wildman–Crippen LogP) is 4.38. The lowest BCUT2D eigenvalue weighted by Crippen LogP contribution is -2.24. The minimum Gasteiger partial charge on any atom is -0.453 e. The number of nitrogens with zero attached hydrogens (tertiary/aromatic N) is 2. The van der Waals surface area contributed by atoms with Gasteiger partial charge in [-0.15, -0.1) is 0 Å². The number of carbonyl (C=O) groups excluding carboxylic acids is 1. The van der Waals surface area contributed by atoms with E-state index in [0.717, 1.165) is 23.1 Å². The van der Waals surface area contributed by atoms with Crippen molar-refractivity contribution in [2.75, 3.05) is 11.9 Å². The van der Waals surface area contributed by atoms with E-state index < -0.39 is 0 Å². The van der Waals surface area contributed by atoms with Gasteiger partial charge in [-0.05, 0) is 74.2 Å². The van der Waals surface area contributed by atoms with Crippen LogP contribution in [0.2, 0.25) is 0 Å². The van der Waals surface area contributed by atoms with E-state index in [4.69, 9.17) is 4.74 Å². The summed E-state index contributed by atoms with van der Waals surface area (Å²) in [6, 6.07) is 11.0. The molecule has 1 aromatic heterocycles. The number of amides is 1. The highest BCUT2D eigenvalue weighted by Gasteiger charge is 2.15. The number of aryl methyl sites for hydroxylation is 3. The Balaban J connectivity index is 1.91. The second-order valence-corrected chi connectivity index (χ2v) is 7.58. The minimum absolute atomic E-state index is 0.123. The Hall–Kier alpha value is -3.61. The average Bonchev–Trinajstić information content (AvgIpc) is 2.75. The van der Waals surface area contributed by atoms with Crippen LogP contribution in [0.15, 0.2) is 47.4 Å². The average molecular weight is 421 g/mol. The molecule has 3 rings (SSSR count). The van der Waals surface area contributed by atoms with Gasteiger partial charge in [0.25, 0.3) is 11.5 Å². The van der Waals surface area contributed by atoms with E-state index in [2.05, 4.69) is 21.8 Å². The number of benzene rings is 2. The third-order valence-electron chi connectivity index (χ3n) is 5.04. The zero-order valence-electron chi connectivity index (χ0n) is 18.6. The molecule has 7 heteroatoms. The largest absolute Gasteiger partial charge is 0.453 e. The zero-order valence-corrected chi connectivity index (χ0v) is 18.6. The molecule has 0 unspecified atom stereocenters. The molecule has 31 heavy (non-hydrogen) atoms. The maximum Gasteiger partial charge on any atom is 0.294 e. The van der Waals surface area contributed by atoms with Gasteiger partial charge in [-0.2, -0.15) is 5.10 Å². The molecule has 0 atom stereocenters. The van der Waals surface area contributed by atoms with Crippen molar-refractivity contribution in [3.8, 4) is 11.5 Å². The highest BCUT2D eigenvalue weighted by molar-refractivity contribution is 5.94. The van der Waals surface area contributed by atoms with Crippen LogP contribution >= 0.6 is 0 Å². The van der Waals surface area contributed by atoms with Crippen LogP contribution in [0.3, 0.4) is 0 Å². The first-order valence-electron chi connectivity index (χ1n) is 10.3. The minimum atomic E-state index is -0.315. The van der Waals surface area contributed by atoms with E-state index in [-0.39, 0.29) is 17.2 Å². The predicted molar refractivity (Wildman–Crippen MR) is 123 cm³/mol. The van der Waals surface area contributed by atoms with Crippen molar-refractivity contribution < 1.29 is 9.53 Å². The topological polar surface area (TPSA) is 85.2 Å². The molecule has 7 nitrogen and oxygen atoms in total. The van der Waals surface area contributed by atoms with Gasteiger partial charge in [0.1, 0.15) is 5.75 Å². The van der Waals surface area contributed by atoms with Gasteiger partial charge >= 0.3 is 0 Å². The molecule has 2 N–H and O–H groups in total. The fourth-order valence-electron chi connectivity index (χ4n) is 3.13. The summed E-state index contributed by atoms with van der Waals surface area (Å²) in [7, 11) is 1.58. The van der Waals surface area contributed by atoms with Crippen molar-refractivity contribution in [3.63, 3.8) is 0 Å². The number of hydrogen-bond acceptors (Lipinski definition) is 5. The van der Waals surface area contributed by atoms with E-state index >= 15 is 0 Å². The maximum atomic E-state index is 12.8. The van der Waals surface area contributed by atoms with Crippen LogP contribution in [0.25, 0.3) is 0 Å². The van der Waals surface area contributed by atoms with Gasteiger partial charge in [0.05, 0.1) is 6.20 Å². The molecule has 0 saturated carbocycles. The summed E-state index contributed by atoms with van der Waals surface area (Å²) < 4.78 is 7.36. The van der Waals surface area contributed by atoms with Crippen molar-refractivity contribution in [2.24, 2.45) is 7.05 Å². The Morgan fingerprint density at radius 1 is 1.10 bits per heavy atom. The number of rotatable bonds is 7. The number of hydrogen-bond donors (Lipinski definition) is 2. The van der Waals surface area contributed by atoms with Gasteiger partial charge < -0.3 is 15.4 Å². The second-order valence-electron chi connectivity index (χ2n) is 7.58. The molecule has 1 heterocycles.